The molecule has 8 heteroatoms. The van der Waals surface area contributed by atoms with Crippen LogP contribution in [0.3, 0.4) is 0 Å². The number of carbonyl (C=O) groups is 2. The third kappa shape index (κ3) is 6.91. The van der Waals surface area contributed by atoms with Gasteiger partial charge in [0, 0.05) is 23.1 Å². The van der Waals surface area contributed by atoms with Crippen LogP contribution in [0.4, 0.5) is 4.39 Å². The largest absolute Gasteiger partial charge is 0.484 e. The highest BCUT2D eigenvalue weighted by molar-refractivity contribution is 6.35. The summed E-state index contributed by atoms with van der Waals surface area (Å²) >= 11 is 12.2. The summed E-state index contributed by atoms with van der Waals surface area (Å²) in [6.45, 7) is 3.91. The fourth-order valence-electron chi connectivity index (χ4n) is 2.57. The summed E-state index contributed by atoms with van der Waals surface area (Å²) in [6.07, 6.45) is 0.781. The first-order valence-electron chi connectivity index (χ1n) is 9.21. The SMILES string of the molecule is CCCNC(=O)C(C)N(Cc1ccc(Cl)cc1Cl)C(=O)COc1ccc(F)cc1. The first-order valence-corrected chi connectivity index (χ1v) is 9.97. The van der Waals surface area contributed by atoms with Crippen molar-refractivity contribution in [2.45, 2.75) is 32.9 Å². The van der Waals surface area contributed by atoms with Crippen molar-refractivity contribution < 1.29 is 18.7 Å². The molecule has 0 spiro atoms. The van der Waals surface area contributed by atoms with E-state index in [1.165, 1.54) is 29.2 Å². The predicted octanol–water partition coefficient (Wildman–Crippen LogP) is 4.45. The maximum atomic E-state index is 13.0. The van der Waals surface area contributed by atoms with Crippen molar-refractivity contribution in [1.29, 1.82) is 0 Å². The van der Waals surface area contributed by atoms with Gasteiger partial charge >= 0.3 is 0 Å². The number of ether oxygens (including phenoxy) is 1. The van der Waals surface area contributed by atoms with Gasteiger partial charge < -0.3 is 15.0 Å². The summed E-state index contributed by atoms with van der Waals surface area (Å²) in [5.74, 6) is -0.720. The molecule has 0 bridgehead atoms. The number of nitrogens with zero attached hydrogens (tertiary/aromatic N) is 1. The molecular weight excluding hydrogens is 418 g/mol. The summed E-state index contributed by atoms with van der Waals surface area (Å²) in [5, 5.41) is 3.66. The monoisotopic (exact) mass is 440 g/mol. The molecule has 2 aromatic rings. The molecule has 0 saturated heterocycles. The van der Waals surface area contributed by atoms with Gasteiger partial charge in [0.2, 0.25) is 5.91 Å². The number of carbonyl (C=O) groups excluding carboxylic acids is 2. The van der Waals surface area contributed by atoms with Crippen LogP contribution in [0, 0.1) is 5.82 Å². The van der Waals surface area contributed by atoms with Gasteiger partial charge in [0.25, 0.3) is 5.91 Å². The van der Waals surface area contributed by atoms with E-state index in [0.29, 0.717) is 27.9 Å². The van der Waals surface area contributed by atoms with Crippen LogP contribution in [-0.2, 0) is 16.1 Å². The second kappa shape index (κ2) is 11.0. The van der Waals surface area contributed by atoms with Gasteiger partial charge in [0.15, 0.2) is 6.61 Å². The molecule has 29 heavy (non-hydrogen) atoms. The fraction of sp³-hybridized carbons (Fsp3) is 0.333. The molecule has 5 nitrogen and oxygen atoms in total. The van der Waals surface area contributed by atoms with Crippen LogP contribution in [0.1, 0.15) is 25.8 Å². The average Bonchev–Trinajstić information content (AvgIpc) is 2.70. The first kappa shape index (κ1) is 23.0. The van der Waals surface area contributed by atoms with Gasteiger partial charge in [0.05, 0.1) is 0 Å². The zero-order valence-electron chi connectivity index (χ0n) is 16.3. The molecule has 0 radical (unpaired) electrons. The summed E-state index contributed by atoms with van der Waals surface area (Å²) in [4.78, 5) is 26.7. The Morgan fingerprint density at radius 2 is 1.86 bits per heavy atom. The highest BCUT2D eigenvalue weighted by Crippen LogP contribution is 2.23. The first-order chi connectivity index (χ1) is 13.8. The van der Waals surface area contributed by atoms with Gasteiger partial charge in [-0.2, -0.15) is 0 Å². The number of hydrogen-bond acceptors (Lipinski definition) is 3. The molecule has 1 N–H and O–H groups in total. The Bertz CT molecular complexity index is 846. The summed E-state index contributed by atoms with van der Waals surface area (Å²) in [5.41, 5.74) is 0.654. The van der Waals surface area contributed by atoms with Crippen molar-refractivity contribution >= 4 is 35.0 Å². The molecule has 2 aromatic carbocycles. The van der Waals surface area contributed by atoms with E-state index in [1.807, 2.05) is 6.92 Å². The van der Waals surface area contributed by atoms with Crippen molar-refractivity contribution in [2.75, 3.05) is 13.2 Å². The molecule has 0 aliphatic rings. The Kier molecular flexibility index (Phi) is 8.73. The highest BCUT2D eigenvalue weighted by Gasteiger charge is 2.27. The van der Waals surface area contributed by atoms with Crippen LogP contribution >= 0.6 is 23.2 Å². The van der Waals surface area contributed by atoms with Crippen molar-refractivity contribution in [1.82, 2.24) is 10.2 Å². The topological polar surface area (TPSA) is 58.6 Å². The van der Waals surface area contributed by atoms with Crippen molar-refractivity contribution in [3.8, 4) is 5.75 Å². The Morgan fingerprint density at radius 1 is 1.17 bits per heavy atom. The number of hydrogen-bond donors (Lipinski definition) is 1. The quantitative estimate of drug-likeness (QED) is 0.626. The van der Waals surface area contributed by atoms with Crippen molar-refractivity contribution in [2.24, 2.45) is 0 Å². The lowest BCUT2D eigenvalue weighted by Crippen LogP contribution is -2.49. The van der Waals surface area contributed by atoms with Crippen LogP contribution in [0.5, 0.6) is 5.75 Å². The van der Waals surface area contributed by atoms with Crippen LogP contribution in [0.2, 0.25) is 10.0 Å². The van der Waals surface area contributed by atoms with Gasteiger partial charge in [0.1, 0.15) is 17.6 Å². The van der Waals surface area contributed by atoms with Gasteiger partial charge in [-0.05, 0) is 55.3 Å². The molecule has 0 aromatic heterocycles. The fourth-order valence-corrected chi connectivity index (χ4v) is 3.04. The number of benzene rings is 2. The van der Waals surface area contributed by atoms with E-state index in [2.05, 4.69) is 5.32 Å². The van der Waals surface area contributed by atoms with Gasteiger partial charge in [-0.1, -0.05) is 36.2 Å². The molecule has 0 saturated carbocycles. The lowest BCUT2D eigenvalue weighted by molar-refractivity contribution is -0.142. The van der Waals surface area contributed by atoms with Gasteiger partial charge in [-0.15, -0.1) is 0 Å². The lowest BCUT2D eigenvalue weighted by atomic mass is 10.1. The van der Waals surface area contributed by atoms with Crippen LogP contribution in [-0.4, -0.2) is 35.9 Å². The number of nitrogens with one attached hydrogen (secondary N) is 1. The van der Waals surface area contributed by atoms with E-state index < -0.39 is 17.8 Å². The molecule has 0 aliphatic heterocycles. The van der Waals surface area contributed by atoms with E-state index in [4.69, 9.17) is 27.9 Å². The van der Waals surface area contributed by atoms with Gasteiger partial charge in [-0.25, -0.2) is 4.39 Å². The molecule has 2 amide bonds. The van der Waals surface area contributed by atoms with E-state index in [1.54, 1.807) is 25.1 Å². The maximum absolute atomic E-state index is 13.0. The molecule has 1 unspecified atom stereocenters. The Morgan fingerprint density at radius 3 is 2.48 bits per heavy atom. The molecule has 0 fully saturated rings. The van der Waals surface area contributed by atoms with Crippen LogP contribution in [0.25, 0.3) is 0 Å². The standard InChI is InChI=1S/C21H23Cl2FN2O3/c1-3-10-25-21(28)14(2)26(12-15-4-5-16(22)11-19(15)23)20(27)13-29-18-8-6-17(24)7-9-18/h4-9,11,14H,3,10,12-13H2,1-2H3,(H,25,28). The second-order valence-electron chi connectivity index (χ2n) is 6.47. The van der Waals surface area contributed by atoms with Crippen LogP contribution < -0.4 is 10.1 Å². The number of halogens is 3. The minimum absolute atomic E-state index is 0.113. The van der Waals surface area contributed by atoms with Crippen molar-refractivity contribution in [3.63, 3.8) is 0 Å². The lowest BCUT2D eigenvalue weighted by Gasteiger charge is -2.29. The maximum Gasteiger partial charge on any atom is 0.261 e. The van der Waals surface area contributed by atoms with Crippen LogP contribution in [0.15, 0.2) is 42.5 Å². The normalized spacial score (nSPS) is 11.6. The Balaban J connectivity index is 2.16. The van der Waals surface area contributed by atoms with Crippen molar-refractivity contribution in [3.05, 3.63) is 63.9 Å². The molecule has 2 rings (SSSR count). The molecule has 1 atom stereocenters. The Hall–Kier alpha value is -2.31. The number of rotatable bonds is 9. The second-order valence-corrected chi connectivity index (χ2v) is 7.31. The van der Waals surface area contributed by atoms with E-state index in [-0.39, 0.29) is 19.1 Å². The smallest absolute Gasteiger partial charge is 0.261 e. The Labute approximate surface area is 179 Å². The average molecular weight is 441 g/mol. The summed E-state index contributed by atoms with van der Waals surface area (Å²) in [7, 11) is 0. The summed E-state index contributed by atoms with van der Waals surface area (Å²) in [6, 6.07) is 9.57. The van der Waals surface area contributed by atoms with E-state index in [0.717, 1.165) is 6.42 Å². The summed E-state index contributed by atoms with van der Waals surface area (Å²) < 4.78 is 18.5. The minimum Gasteiger partial charge on any atom is -0.484 e. The zero-order chi connectivity index (χ0) is 21.4. The van der Waals surface area contributed by atoms with Gasteiger partial charge in [-0.3, -0.25) is 9.59 Å². The van der Waals surface area contributed by atoms with E-state index >= 15 is 0 Å². The minimum atomic E-state index is -0.738. The molecule has 0 heterocycles. The highest BCUT2D eigenvalue weighted by atomic mass is 35.5. The molecule has 0 aliphatic carbocycles. The zero-order valence-corrected chi connectivity index (χ0v) is 17.8. The van der Waals surface area contributed by atoms with E-state index in [9.17, 15) is 14.0 Å². The molecule has 156 valence electrons. The third-order valence-electron chi connectivity index (χ3n) is 4.25. The predicted molar refractivity (Wildman–Crippen MR) is 112 cm³/mol. The number of amides is 2. The molecular formula is C21H23Cl2FN2O3. The third-order valence-corrected chi connectivity index (χ3v) is 4.84.